The van der Waals surface area contributed by atoms with E-state index in [1.54, 1.807) is 24.1 Å². The minimum absolute atomic E-state index is 0.107. The molecule has 9 heteroatoms. The maximum Gasteiger partial charge on any atom is 0.271 e. The summed E-state index contributed by atoms with van der Waals surface area (Å²) >= 11 is 0. The number of aryl methyl sites for hydroxylation is 1. The molecule has 3 heterocycles. The van der Waals surface area contributed by atoms with Gasteiger partial charge in [-0.25, -0.2) is 15.0 Å². The Labute approximate surface area is 138 Å². The number of aliphatic hydroxyl groups excluding tert-OH is 1. The first kappa shape index (κ1) is 16.2. The predicted molar refractivity (Wildman–Crippen MR) is 84.3 cm³/mol. The van der Waals surface area contributed by atoms with Gasteiger partial charge in [-0.15, -0.1) is 0 Å². The molecule has 0 spiro atoms. The minimum atomic E-state index is -1.48. The van der Waals surface area contributed by atoms with Crippen LogP contribution in [0.1, 0.15) is 16.3 Å². The van der Waals surface area contributed by atoms with Crippen molar-refractivity contribution in [3.05, 3.63) is 42.4 Å². The van der Waals surface area contributed by atoms with Gasteiger partial charge in [-0.2, -0.15) is 0 Å². The molecule has 1 aliphatic heterocycles. The summed E-state index contributed by atoms with van der Waals surface area (Å²) < 4.78 is 0. The van der Waals surface area contributed by atoms with Gasteiger partial charge in [0.15, 0.2) is 0 Å². The molecular formula is C15H18N6O3. The van der Waals surface area contributed by atoms with E-state index in [9.17, 15) is 15.0 Å². The monoisotopic (exact) mass is 330 g/mol. The molecule has 24 heavy (non-hydrogen) atoms. The number of nitrogens with zero attached hydrogens (tertiary/aromatic N) is 5. The third kappa shape index (κ3) is 3.31. The highest BCUT2D eigenvalue weighted by molar-refractivity contribution is 5.91. The van der Waals surface area contributed by atoms with E-state index in [0.717, 1.165) is 0 Å². The SMILES string of the molecule is Cc1nccc(N2C[C@@H](O)[C@](O)(CNC(=O)c3cnccn3)C2)n1. The second-order valence-electron chi connectivity index (χ2n) is 5.74. The van der Waals surface area contributed by atoms with E-state index >= 15 is 0 Å². The number of rotatable bonds is 4. The molecule has 3 N–H and O–H groups in total. The van der Waals surface area contributed by atoms with Crippen LogP contribution in [0.4, 0.5) is 5.82 Å². The van der Waals surface area contributed by atoms with Crippen molar-refractivity contribution in [1.82, 2.24) is 25.3 Å². The fourth-order valence-electron chi connectivity index (χ4n) is 2.59. The molecule has 2 aromatic rings. The van der Waals surface area contributed by atoms with Crippen LogP contribution in [0, 0.1) is 6.92 Å². The number of carbonyl (C=O) groups excluding carboxylic acids is 1. The minimum Gasteiger partial charge on any atom is -0.388 e. The standard InChI is InChI=1S/C15H18N6O3/c1-10-17-3-2-13(20-10)21-7-12(22)15(24,9-21)8-19-14(23)11-6-16-4-5-18-11/h2-6,12,22,24H,7-9H2,1H3,(H,19,23)/t12-,15+/m1/s1. The molecule has 2 aromatic heterocycles. The number of hydrogen-bond donors (Lipinski definition) is 3. The zero-order chi connectivity index (χ0) is 17.2. The van der Waals surface area contributed by atoms with Crippen LogP contribution in [0.15, 0.2) is 30.9 Å². The van der Waals surface area contributed by atoms with Crippen LogP contribution >= 0.6 is 0 Å². The number of amides is 1. The Morgan fingerprint density at radius 3 is 2.96 bits per heavy atom. The predicted octanol–water partition coefficient (Wildman–Crippen LogP) is -1.08. The molecule has 0 bridgehead atoms. The van der Waals surface area contributed by atoms with E-state index in [2.05, 4.69) is 25.3 Å². The summed E-state index contributed by atoms with van der Waals surface area (Å²) in [5, 5.41) is 23.5. The molecule has 126 valence electrons. The summed E-state index contributed by atoms with van der Waals surface area (Å²) in [6, 6.07) is 1.71. The largest absolute Gasteiger partial charge is 0.388 e. The van der Waals surface area contributed by atoms with Gasteiger partial charge in [0.25, 0.3) is 5.91 Å². The van der Waals surface area contributed by atoms with Gasteiger partial charge in [-0.3, -0.25) is 9.78 Å². The fourth-order valence-corrected chi connectivity index (χ4v) is 2.59. The number of carbonyl (C=O) groups is 1. The summed E-state index contributed by atoms with van der Waals surface area (Å²) in [5.41, 5.74) is -1.33. The number of aromatic nitrogens is 4. The Morgan fingerprint density at radius 1 is 1.42 bits per heavy atom. The summed E-state index contributed by atoms with van der Waals surface area (Å²) in [7, 11) is 0. The average Bonchev–Trinajstić information content (AvgIpc) is 2.89. The zero-order valence-corrected chi connectivity index (χ0v) is 13.1. The van der Waals surface area contributed by atoms with Crippen LogP contribution in [0.3, 0.4) is 0 Å². The van der Waals surface area contributed by atoms with E-state index in [0.29, 0.717) is 11.6 Å². The second-order valence-corrected chi connectivity index (χ2v) is 5.74. The molecule has 1 amide bonds. The lowest BCUT2D eigenvalue weighted by Gasteiger charge is -2.26. The first-order valence-electron chi connectivity index (χ1n) is 7.47. The topological polar surface area (TPSA) is 124 Å². The smallest absolute Gasteiger partial charge is 0.271 e. The van der Waals surface area contributed by atoms with E-state index in [1.807, 2.05) is 0 Å². The molecule has 3 rings (SSSR count). The van der Waals surface area contributed by atoms with Crippen LogP contribution < -0.4 is 10.2 Å². The Bertz CT molecular complexity index is 728. The molecule has 9 nitrogen and oxygen atoms in total. The van der Waals surface area contributed by atoms with Crippen molar-refractivity contribution in [1.29, 1.82) is 0 Å². The van der Waals surface area contributed by atoms with Gasteiger partial charge in [0.05, 0.1) is 19.3 Å². The van der Waals surface area contributed by atoms with Crippen LogP contribution in [-0.4, -0.2) is 67.4 Å². The Morgan fingerprint density at radius 2 is 2.25 bits per heavy atom. The van der Waals surface area contributed by atoms with Gasteiger partial charge in [-0.1, -0.05) is 0 Å². The first-order chi connectivity index (χ1) is 11.5. The van der Waals surface area contributed by atoms with Crippen molar-refractivity contribution in [3.8, 4) is 0 Å². The highest BCUT2D eigenvalue weighted by atomic mass is 16.3. The van der Waals surface area contributed by atoms with Crippen LogP contribution in [0.2, 0.25) is 0 Å². The Balaban J connectivity index is 1.66. The first-order valence-corrected chi connectivity index (χ1v) is 7.47. The van der Waals surface area contributed by atoms with E-state index in [4.69, 9.17) is 0 Å². The van der Waals surface area contributed by atoms with Crippen molar-refractivity contribution >= 4 is 11.7 Å². The van der Waals surface area contributed by atoms with Crippen molar-refractivity contribution in [2.75, 3.05) is 24.5 Å². The quantitative estimate of drug-likeness (QED) is 0.646. The van der Waals surface area contributed by atoms with Crippen LogP contribution in [-0.2, 0) is 0 Å². The van der Waals surface area contributed by atoms with Gasteiger partial charge < -0.3 is 20.4 Å². The lowest BCUT2D eigenvalue weighted by molar-refractivity contribution is -0.0364. The fraction of sp³-hybridized carbons (Fsp3) is 0.400. The molecular weight excluding hydrogens is 312 g/mol. The van der Waals surface area contributed by atoms with E-state index in [-0.39, 0.29) is 25.3 Å². The summed E-state index contributed by atoms with van der Waals surface area (Å²) in [5.74, 6) is 0.770. The van der Waals surface area contributed by atoms with E-state index in [1.165, 1.54) is 18.6 Å². The molecule has 0 unspecified atom stereocenters. The molecule has 0 radical (unpaired) electrons. The van der Waals surface area contributed by atoms with Gasteiger partial charge >= 0.3 is 0 Å². The maximum atomic E-state index is 12.0. The maximum absolute atomic E-state index is 12.0. The van der Waals surface area contributed by atoms with Gasteiger partial charge in [0.1, 0.15) is 29.0 Å². The van der Waals surface area contributed by atoms with Crippen LogP contribution in [0.5, 0.6) is 0 Å². The normalized spacial score (nSPS) is 23.3. The molecule has 0 aromatic carbocycles. The number of hydrogen-bond acceptors (Lipinski definition) is 8. The summed E-state index contributed by atoms with van der Waals surface area (Å²) in [6.45, 7) is 2.02. The molecule has 1 fully saturated rings. The van der Waals surface area contributed by atoms with Gasteiger partial charge in [0, 0.05) is 25.1 Å². The van der Waals surface area contributed by atoms with Crippen molar-refractivity contribution in [2.45, 2.75) is 18.6 Å². The van der Waals surface area contributed by atoms with Crippen molar-refractivity contribution in [2.24, 2.45) is 0 Å². The number of anilines is 1. The molecule has 2 atom stereocenters. The van der Waals surface area contributed by atoms with E-state index < -0.39 is 17.6 Å². The van der Waals surface area contributed by atoms with Crippen LogP contribution in [0.25, 0.3) is 0 Å². The molecule has 1 aliphatic rings. The lowest BCUT2D eigenvalue weighted by atomic mass is 10.0. The second kappa shape index (κ2) is 6.46. The number of nitrogens with one attached hydrogen (secondary N) is 1. The summed E-state index contributed by atoms with van der Waals surface area (Å²) in [4.78, 5) is 29.8. The molecule has 1 saturated heterocycles. The zero-order valence-electron chi connectivity index (χ0n) is 13.1. The lowest BCUT2D eigenvalue weighted by Crippen LogP contribution is -2.51. The highest BCUT2D eigenvalue weighted by Gasteiger charge is 2.45. The van der Waals surface area contributed by atoms with Gasteiger partial charge in [-0.05, 0) is 13.0 Å². The summed E-state index contributed by atoms with van der Waals surface area (Å²) in [6.07, 6.45) is 4.81. The Hall–Kier alpha value is -2.65. The van der Waals surface area contributed by atoms with Crippen molar-refractivity contribution < 1.29 is 15.0 Å². The van der Waals surface area contributed by atoms with Crippen molar-refractivity contribution in [3.63, 3.8) is 0 Å². The molecule has 0 aliphatic carbocycles. The average molecular weight is 330 g/mol. The highest BCUT2D eigenvalue weighted by Crippen LogP contribution is 2.25. The third-order valence-corrected chi connectivity index (χ3v) is 3.91. The third-order valence-electron chi connectivity index (χ3n) is 3.91. The van der Waals surface area contributed by atoms with Gasteiger partial charge in [0.2, 0.25) is 0 Å². The molecule has 0 saturated carbocycles. The Kier molecular flexibility index (Phi) is 4.36. The number of β-amino-alcohol motifs (C(OH)–C–C–N with tert-alkyl or cyclic N) is 2. The number of aliphatic hydroxyl groups is 2.